The van der Waals surface area contributed by atoms with Gasteiger partial charge in [0.15, 0.2) is 0 Å². The van der Waals surface area contributed by atoms with E-state index in [1.807, 2.05) is 19.9 Å². The third-order valence-electron chi connectivity index (χ3n) is 2.18. The van der Waals surface area contributed by atoms with Crippen molar-refractivity contribution in [1.82, 2.24) is 0 Å². The predicted molar refractivity (Wildman–Crippen MR) is 62.3 cm³/mol. The van der Waals surface area contributed by atoms with Crippen molar-refractivity contribution in [3.05, 3.63) is 29.3 Å². The number of benzene rings is 1. The number of aliphatic hydroxyl groups excluding tert-OH is 1. The van der Waals surface area contributed by atoms with Gasteiger partial charge in [-0.1, -0.05) is 17.7 Å². The Morgan fingerprint density at radius 2 is 2.07 bits per heavy atom. The van der Waals surface area contributed by atoms with E-state index in [2.05, 4.69) is 19.1 Å². The average Bonchev–Trinajstić information content (AvgIpc) is 2.18. The summed E-state index contributed by atoms with van der Waals surface area (Å²) in [4.78, 5) is 0. The Kier molecular flexibility index (Phi) is 4.63. The van der Waals surface area contributed by atoms with E-state index >= 15 is 0 Å². The van der Waals surface area contributed by atoms with Crippen LogP contribution >= 0.6 is 0 Å². The molecule has 0 radical (unpaired) electrons. The van der Waals surface area contributed by atoms with Gasteiger partial charge in [0.25, 0.3) is 0 Å². The summed E-state index contributed by atoms with van der Waals surface area (Å²) >= 11 is 0. The minimum Gasteiger partial charge on any atom is -0.491 e. The van der Waals surface area contributed by atoms with Gasteiger partial charge in [0.2, 0.25) is 0 Å². The summed E-state index contributed by atoms with van der Waals surface area (Å²) in [5, 5.41) is 8.83. The number of hydrogen-bond acceptors (Lipinski definition) is 2. The van der Waals surface area contributed by atoms with Gasteiger partial charge in [-0.2, -0.15) is 0 Å². The van der Waals surface area contributed by atoms with Crippen LogP contribution in [-0.2, 0) is 6.42 Å². The van der Waals surface area contributed by atoms with Gasteiger partial charge in [-0.3, -0.25) is 0 Å². The molecule has 1 aromatic rings. The van der Waals surface area contributed by atoms with E-state index < -0.39 is 0 Å². The van der Waals surface area contributed by atoms with Crippen LogP contribution in [-0.4, -0.2) is 17.8 Å². The second-order valence-electron chi connectivity index (χ2n) is 4.10. The monoisotopic (exact) mass is 208 g/mol. The van der Waals surface area contributed by atoms with Gasteiger partial charge in [-0.05, 0) is 45.2 Å². The molecule has 0 unspecified atom stereocenters. The van der Waals surface area contributed by atoms with E-state index in [9.17, 15) is 0 Å². The standard InChI is InChI=1S/C13H20O2/c1-10(2)15-13-7-6-11(3)9-12(13)5-4-8-14/h6-7,9-10,14H,4-5,8H2,1-3H3. The molecule has 84 valence electrons. The molecule has 2 heteroatoms. The molecule has 1 rings (SSSR count). The maximum absolute atomic E-state index is 8.83. The first-order valence-corrected chi connectivity index (χ1v) is 5.50. The molecule has 0 spiro atoms. The molecule has 0 fully saturated rings. The number of rotatable bonds is 5. The number of aliphatic hydroxyl groups is 1. The van der Waals surface area contributed by atoms with Crippen LogP contribution in [0.4, 0.5) is 0 Å². The normalized spacial score (nSPS) is 10.7. The summed E-state index contributed by atoms with van der Waals surface area (Å²) in [6.45, 7) is 6.35. The zero-order chi connectivity index (χ0) is 11.3. The van der Waals surface area contributed by atoms with Crippen molar-refractivity contribution in [3.63, 3.8) is 0 Å². The van der Waals surface area contributed by atoms with Crippen molar-refractivity contribution in [2.45, 2.75) is 39.7 Å². The molecule has 1 aromatic carbocycles. The van der Waals surface area contributed by atoms with E-state index in [0.29, 0.717) is 0 Å². The van der Waals surface area contributed by atoms with Crippen molar-refractivity contribution in [2.24, 2.45) is 0 Å². The van der Waals surface area contributed by atoms with Crippen LogP contribution in [0.1, 0.15) is 31.4 Å². The molecule has 0 bridgehead atoms. The van der Waals surface area contributed by atoms with Gasteiger partial charge >= 0.3 is 0 Å². The topological polar surface area (TPSA) is 29.5 Å². The summed E-state index contributed by atoms with van der Waals surface area (Å²) in [5.41, 5.74) is 2.43. The average molecular weight is 208 g/mol. The van der Waals surface area contributed by atoms with E-state index in [0.717, 1.165) is 18.6 Å². The van der Waals surface area contributed by atoms with Crippen LogP contribution in [0.15, 0.2) is 18.2 Å². The first kappa shape index (κ1) is 12.1. The second-order valence-corrected chi connectivity index (χ2v) is 4.10. The minimum absolute atomic E-state index is 0.195. The van der Waals surface area contributed by atoms with Gasteiger partial charge in [0.05, 0.1) is 6.10 Å². The molecule has 0 saturated carbocycles. The lowest BCUT2D eigenvalue weighted by atomic mass is 10.1. The highest BCUT2D eigenvalue weighted by molar-refractivity contribution is 5.37. The van der Waals surface area contributed by atoms with Crippen molar-refractivity contribution >= 4 is 0 Å². The van der Waals surface area contributed by atoms with Crippen molar-refractivity contribution in [1.29, 1.82) is 0 Å². The third kappa shape index (κ3) is 3.92. The summed E-state index contributed by atoms with van der Waals surface area (Å²) in [6.07, 6.45) is 1.86. The molecule has 0 atom stereocenters. The molecule has 0 aliphatic heterocycles. The van der Waals surface area contributed by atoms with Crippen LogP contribution in [0.25, 0.3) is 0 Å². The maximum atomic E-state index is 8.83. The van der Waals surface area contributed by atoms with Crippen molar-refractivity contribution < 1.29 is 9.84 Å². The third-order valence-corrected chi connectivity index (χ3v) is 2.18. The van der Waals surface area contributed by atoms with E-state index in [-0.39, 0.29) is 12.7 Å². The van der Waals surface area contributed by atoms with Crippen LogP contribution in [0.5, 0.6) is 5.75 Å². The fraction of sp³-hybridized carbons (Fsp3) is 0.538. The molecule has 1 N–H and O–H groups in total. The Labute approximate surface area is 91.9 Å². The smallest absolute Gasteiger partial charge is 0.122 e. The highest BCUT2D eigenvalue weighted by Gasteiger charge is 2.05. The summed E-state index contributed by atoms with van der Waals surface area (Å²) < 4.78 is 5.72. The molecule has 0 aliphatic rings. The van der Waals surface area contributed by atoms with Gasteiger partial charge in [-0.15, -0.1) is 0 Å². The fourth-order valence-electron chi connectivity index (χ4n) is 1.54. The lowest BCUT2D eigenvalue weighted by Gasteiger charge is -2.14. The molecule has 0 aromatic heterocycles. The molecule has 2 nitrogen and oxygen atoms in total. The Bertz CT molecular complexity index is 305. The summed E-state index contributed by atoms with van der Waals surface area (Å²) in [6, 6.07) is 6.20. The summed E-state index contributed by atoms with van der Waals surface area (Å²) in [7, 11) is 0. The number of ether oxygens (including phenoxy) is 1. The molecular weight excluding hydrogens is 188 g/mol. The molecule has 15 heavy (non-hydrogen) atoms. The Balaban J connectivity index is 2.82. The Morgan fingerprint density at radius 3 is 2.67 bits per heavy atom. The van der Waals surface area contributed by atoms with Crippen LogP contribution in [0, 0.1) is 6.92 Å². The highest BCUT2D eigenvalue weighted by atomic mass is 16.5. The van der Waals surface area contributed by atoms with E-state index in [1.165, 1.54) is 11.1 Å². The van der Waals surface area contributed by atoms with Gasteiger partial charge in [0.1, 0.15) is 5.75 Å². The molecular formula is C13H20O2. The Morgan fingerprint density at radius 1 is 1.33 bits per heavy atom. The molecule has 0 aliphatic carbocycles. The van der Waals surface area contributed by atoms with Crippen molar-refractivity contribution in [2.75, 3.05) is 6.61 Å². The number of hydrogen-bond donors (Lipinski definition) is 1. The minimum atomic E-state index is 0.195. The molecule has 0 heterocycles. The summed E-state index contributed by atoms with van der Waals surface area (Å²) in [5.74, 6) is 0.948. The Hall–Kier alpha value is -1.02. The van der Waals surface area contributed by atoms with Crippen molar-refractivity contribution in [3.8, 4) is 5.75 Å². The van der Waals surface area contributed by atoms with Crippen LogP contribution in [0.2, 0.25) is 0 Å². The largest absolute Gasteiger partial charge is 0.491 e. The van der Waals surface area contributed by atoms with E-state index in [4.69, 9.17) is 9.84 Å². The van der Waals surface area contributed by atoms with E-state index in [1.54, 1.807) is 0 Å². The lowest BCUT2D eigenvalue weighted by molar-refractivity contribution is 0.238. The lowest BCUT2D eigenvalue weighted by Crippen LogP contribution is -2.08. The zero-order valence-electron chi connectivity index (χ0n) is 9.79. The SMILES string of the molecule is Cc1ccc(OC(C)C)c(CCCO)c1. The second kappa shape index (κ2) is 5.76. The fourth-order valence-corrected chi connectivity index (χ4v) is 1.54. The first-order chi connectivity index (χ1) is 7.13. The quantitative estimate of drug-likeness (QED) is 0.806. The molecule has 0 saturated heterocycles. The first-order valence-electron chi connectivity index (χ1n) is 5.50. The van der Waals surface area contributed by atoms with Gasteiger partial charge < -0.3 is 9.84 Å². The highest BCUT2D eigenvalue weighted by Crippen LogP contribution is 2.22. The van der Waals surface area contributed by atoms with Gasteiger partial charge in [-0.25, -0.2) is 0 Å². The van der Waals surface area contributed by atoms with Gasteiger partial charge in [0, 0.05) is 6.61 Å². The zero-order valence-corrected chi connectivity index (χ0v) is 9.79. The van der Waals surface area contributed by atoms with Crippen LogP contribution in [0.3, 0.4) is 0 Å². The van der Waals surface area contributed by atoms with Crippen LogP contribution < -0.4 is 4.74 Å². The molecule has 0 amide bonds. The maximum Gasteiger partial charge on any atom is 0.122 e. The predicted octanol–water partition coefficient (Wildman–Crippen LogP) is 2.71. The number of aryl methyl sites for hydroxylation is 2.